The summed E-state index contributed by atoms with van der Waals surface area (Å²) in [6, 6.07) is 0. The molecule has 0 aromatic carbocycles. The lowest BCUT2D eigenvalue weighted by Gasteiger charge is -1.95. The predicted octanol–water partition coefficient (Wildman–Crippen LogP) is 0.673. The molecule has 0 fully saturated rings. The molecule has 0 saturated heterocycles. The van der Waals surface area contributed by atoms with Crippen molar-refractivity contribution in [3.8, 4) is 0 Å². The first-order valence-electron chi connectivity index (χ1n) is 1.43. The van der Waals surface area contributed by atoms with Crippen LogP contribution in [0.15, 0.2) is 0 Å². The van der Waals surface area contributed by atoms with Crippen molar-refractivity contribution in [3.63, 3.8) is 0 Å². The first-order valence-corrected chi connectivity index (χ1v) is 1.43. The third-order valence-electron chi connectivity index (χ3n) is 0.247. The highest BCUT2D eigenvalue weighted by atomic mass is 19.3. The molecule has 0 bridgehead atoms. The van der Waals surface area contributed by atoms with Crippen LogP contribution in [0.4, 0.5) is 8.78 Å². The van der Waals surface area contributed by atoms with Gasteiger partial charge in [-0.05, 0) is 0 Å². The molecular weight excluding hydrogens is 110 g/mol. The Morgan fingerprint density at radius 2 is 2.14 bits per heavy atom. The summed E-state index contributed by atoms with van der Waals surface area (Å²) in [5.74, 6) is 0. The second-order valence-electron chi connectivity index (χ2n) is 0.674. The van der Waals surface area contributed by atoms with Gasteiger partial charge in [0.2, 0.25) is 0 Å². The number of ether oxygens (including phenoxy) is 1. The van der Waals surface area contributed by atoms with Gasteiger partial charge in [0.15, 0.2) is 6.79 Å². The lowest BCUT2D eigenvalue weighted by atomic mass is 11.3. The van der Waals surface area contributed by atoms with Gasteiger partial charge in [0, 0.05) is 0 Å². The molecule has 0 amide bonds. The zero-order chi connectivity index (χ0) is 5.70. The Kier molecular flexibility index (Phi) is 3.77. The van der Waals surface area contributed by atoms with E-state index in [0.29, 0.717) is 0 Å². The number of rotatable bonds is 3. The quantitative estimate of drug-likeness (QED) is 0.333. The fourth-order valence-electron chi connectivity index (χ4n) is 0.0819. The molecule has 0 spiro atoms. The van der Waals surface area contributed by atoms with Crippen LogP contribution < -0.4 is 0 Å². The zero-order valence-corrected chi connectivity index (χ0v) is 3.30. The summed E-state index contributed by atoms with van der Waals surface area (Å²) in [6.45, 7) is -3.68. The minimum absolute atomic E-state index is 0.794. The molecule has 0 unspecified atom stereocenters. The molecule has 1 N–H and O–H groups in total. The van der Waals surface area contributed by atoms with Crippen LogP contribution in [-0.2, 0) is 9.62 Å². The van der Waals surface area contributed by atoms with Crippen LogP contribution in [0, 0.1) is 0 Å². The van der Waals surface area contributed by atoms with Crippen LogP contribution in [0.1, 0.15) is 0 Å². The van der Waals surface area contributed by atoms with E-state index in [0.717, 1.165) is 0 Å². The van der Waals surface area contributed by atoms with Gasteiger partial charge in [-0.1, -0.05) is 0 Å². The lowest BCUT2D eigenvalue weighted by Crippen LogP contribution is -2.01. The SMILES string of the molecule is OOCOC(F)F. The summed E-state index contributed by atoms with van der Waals surface area (Å²) >= 11 is 0. The van der Waals surface area contributed by atoms with Gasteiger partial charge in [-0.25, -0.2) is 10.1 Å². The Bertz CT molecular complexity index is 39.9. The average molecular weight is 114 g/mol. The molecular formula is C2H4F2O3. The van der Waals surface area contributed by atoms with Gasteiger partial charge in [-0.2, -0.15) is 8.78 Å². The topological polar surface area (TPSA) is 38.7 Å². The second kappa shape index (κ2) is 3.91. The van der Waals surface area contributed by atoms with Crippen molar-refractivity contribution in [2.45, 2.75) is 6.61 Å². The maximum absolute atomic E-state index is 10.8. The smallest absolute Gasteiger partial charge is 0.293 e. The maximum Gasteiger partial charge on any atom is 0.347 e. The Morgan fingerprint density at radius 1 is 1.57 bits per heavy atom. The van der Waals surface area contributed by atoms with Crippen molar-refractivity contribution >= 4 is 0 Å². The minimum Gasteiger partial charge on any atom is -0.293 e. The Hall–Kier alpha value is -0.260. The molecule has 0 heterocycles. The molecule has 0 radical (unpaired) electrons. The molecule has 0 rings (SSSR count). The minimum atomic E-state index is -2.88. The molecule has 44 valence electrons. The van der Waals surface area contributed by atoms with Gasteiger partial charge in [0.1, 0.15) is 0 Å². The highest BCUT2D eigenvalue weighted by molar-refractivity contribution is 4.00. The fourth-order valence-corrected chi connectivity index (χ4v) is 0.0819. The van der Waals surface area contributed by atoms with Gasteiger partial charge in [0.25, 0.3) is 0 Å². The summed E-state index contributed by atoms with van der Waals surface area (Å²) in [7, 11) is 0. The Balaban J connectivity index is 2.68. The molecule has 0 aromatic heterocycles. The van der Waals surface area contributed by atoms with E-state index in [2.05, 4.69) is 9.62 Å². The van der Waals surface area contributed by atoms with Crippen LogP contribution in [0.5, 0.6) is 0 Å². The maximum atomic E-state index is 10.8. The third kappa shape index (κ3) is 5.74. The van der Waals surface area contributed by atoms with Gasteiger partial charge in [-0.3, -0.25) is 4.74 Å². The summed E-state index contributed by atoms with van der Waals surface area (Å²) < 4.78 is 25.0. The first-order chi connectivity index (χ1) is 3.27. The molecule has 0 aliphatic rings. The Morgan fingerprint density at radius 3 is 2.29 bits per heavy atom. The molecule has 0 aromatic rings. The molecule has 7 heavy (non-hydrogen) atoms. The summed E-state index contributed by atoms with van der Waals surface area (Å²) in [4.78, 5) is 3.15. The van der Waals surface area contributed by atoms with Crippen LogP contribution in [0.25, 0.3) is 0 Å². The van der Waals surface area contributed by atoms with Crippen LogP contribution in [0.3, 0.4) is 0 Å². The number of alkyl halides is 2. The largest absolute Gasteiger partial charge is 0.347 e. The van der Waals surface area contributed by atoms with Crippen LogP contribution >= 0.6 is 0 Å². The fraction of sp³-hybridized carbons (Fsp3) is 1.00. The van der Waals surface area contributed by atoms with E-state index >= 15 is 0 Å². The number of hydrogen-bond acceptors (Lipinski definition) is 3. The monoisotopic (exact) mass is 114 g/mol. The lowest BCUT2D eigenvalue weighted by molar-refractivity contribution is -0.326. The predicted molar refractivity (Wildman–Crippen MR) is 15.7 cm³/mol. The summed E-state index contributed by atoms with van der Waals surface area (Å²) in [5.41, 5.74) is 0. The standard InChI is InChI=1S/C2H4F2O3/c3-2(4)6-1-7-5/h2,5H,1H2. The molecule has 0 aliphatic heterocycles. The van der Waals surface area contributed by atoms with Gasteiger partial charge in [0.05, 0.1) is 0 Å². The number of halogens is 2. The van der Waals surface area contributed by atoms with Crippen LogP contribution in [-0.4, -0.2) is 18.7 Å². The average Bonchev–Trinajstić information content (AvgIpc) is 1.61. The van der Waals surface area contributed by atoms with E-state index in [1.807, 2.05) is 0 Å². The van der Waals surface area contributed by atoms with E-state index in [9.17, 15) is 8.78 Å². The Labute approximate surface area is 38.4 Å². The zero-order valence-electron chi connectivity index (χ0n) is 3.30. The highest BCUT2D eigenvalue weighted by Gasteiger charge is 1.97. The van der Waals surface area contributed by atoms with Crippen LogP contribution in [0.2, 0.25) is 0 Å². The van der Waals surface area contributed by atoms with Gasteiger partial charge in [-0.15, -0.1) is 0 Å². The summed E-state index contributed by atoms with van der Waals surface area (Å²) in [6.07, 6.45) is 0. The second-order valence-corrected chi connectivity index (χ2v) is 0.674. The van der Waals surface area contributed by atoms with Gasteiger partial charge >= 0.3 is 6.61 Å². The first kappa shape index (κ1) is 6.74. The highest BCUT2D eigenvalue weighted by Crippen LogP contribution is 1.91. The molecule has 0 saturated carbocycles. The van der Waals surface area contributed by atoms with E-state index in [4.69, 9.17) is 5.26 Å². The normalized spacial score (nSPS) is 10.3. The third-order valence-corrected chi connectivity index (χ3v) is 0.247. The van der Waals surface area contributed by atoms with Crippen molar-refractivity contribution in [1.29, 1.82) is 0 Å². The van der Waals surface area contributed by atoms with Crippen molar-refractivity contribution in [3.05, 3.63) is 0 Å². The van der Waals surface area contributed by atoms with Crippen molar-refractivity contribution in [2.24, 2.45) is 0 Å². The number of hydrogen-bond donors (Lipinski definition) is 1. The van der Waals surface area contributed by atoms with Crippen molar-refractivity contribution in [2.75, 3.05) is 6.79 Å². The molecule has 0 atom stereocenters. The van der Waals surface area contributed by atoms with Crippen molar-refractivity contribution in [1.82, 2.24) is 0 Å². The van der Waals surface area contributed by atoms with Crippen molar-refractivity contribution < 1.29 is 23.7 Å². The van der Waals surface area contributed by atoms with E-state index in [1.54, 1.807) is 0 Å². The molecule has 5 heteroatoms. The van der Waals surface area contributed by atoms with Gasteiger partial charge < -0.3 is 0 Å². The van der Waals surface area contributed by atoms with E-state index in [1.165, 1.54) is 0 Å². The summed E-state index contributed by atoms with van der Waals surface area (Å²) in [5, 5.41) is 7.36. The van der Waals surface area contributed by atoms with E-state index in [-0.39, 0.29) is 0 Å². The molecule has 0 aliphatic carbocycles. The van der Waals surface area contributed by atoms with E-state index < -0.39 is 13.4 Å². The molecule has 3 nitrogen and oxygen atoms in total.